The van der Waals surface area contributed by atoms with Crippen LogP contribution in [0.3, 0.4) is 0 Å². The van der Waals surface area contributed by atoms with E-state index in [1.165, 1.54) is 5.56 Å². The minimum atomic E-state index is 0.00608. The van der Waals surface area contributed by atoms with Gasteiger partial charge >= 0.3 is 0 Å². The summed E-state index contributed by atoms with van der Waals surface area (Å²) in [7, 11) is 0. The number of ether oxygens (including phenoxy) is 1. The van der Waals surface area contributed by atoms with Gasteiger partial charge in [0.2, 0.25) is 5.91 Å². The van der Waals surface area contributed by atoms with Crippen molar-refractivity contribution < 1.29 is 14.3 Å². The summed E-state index contributed by atoms with van der Waals surface area (Å²) in [6.45, 7) is 7.49. The van der Waals surface area contributed by atoms with E-state index in [-0.39, 0.29) is 24.5 Å². The molecule has 0 bridgehead atoms. The number of nitrogens with zero attached hydrogens (tertiary/aromatic N) is 1. The lowest BCUT2D eigenvalue weighted by Gasteiger charge is -2.32. The number of carbonyl (C=O) groups is 2. The number of amides is 2. The van der Waals surface area contributed by atoms with Crippen LogP contribution < -0.4 is 10.1 Å². The molecule has 0 atom stereocenters. The quantitative estimate of drug-likeness (QED) is 0.871. The Kier molecular flexibility index (Phi) is 6.64. The molecule has 1 aromatic carbocycles. The Balaban J connectivity index is 1.74. The van der Waals surface area contributed by atoms with E-state index in [0.29, 0.717) is 19.5 Å². The average Bonchev–Trinajstić information content (AvgIpc) is 2.56. The van der Waals surface area contributed by atoms with Gasteiger partial charge in [-0.3, -0.25) is 9.59 Å². The summed E-state index contributed by atoms with van der Waals surface area (Å²) in [6.07, 6.45) is 3.05. The second-order valence-electron chi connectivity index (χ2n) is 6.51. The van der Waals surface area contributed by atoms with Gasteiger partial charge in [-0.2, -0.15) is 0 Å². The van der Waals surface area contributed by atoms with Crippen molar-refractivity contribution in [2.24, 2.45) is 0 Å². The van der Waals surface area contributed by atoms with Crippen molar-refractivity contribution in [1.29, 1.82) is 0 Å². The van der Waals surface area contributed by atoms with Gasteiger partial charge in [-0.05, 0) is 56.4 Å². The van der Waals surface area contributed by atoms with Crippen molar-refractivity contribution in [2.75, 3.05) is 19.7 Å². The number of rotatable bonds is 6. The van der Waals surface area contributed by atoms with E-state index in [4.69, 9.17) is 4.74 Å². The molecule has 1 N–H and O–H groups in total. The summed E-state index contributed by atoms with van der Waals surface area (Å²) < 4.78 is 5.62. The molecule has 5 nitrogen and oxygen atoms in total. The van der Waals surface area contributed by atoms with Gasteiger partial charge in [-0.1, -0.05) is 13.0 Å². The standard InChI is InChI=1S/C19H28N2O3/c1-4-5-18(22)20-16-8-10-21(11-9-16)19(23)13-24-17-7-6-14(2)15(3)12-17/h6-7,12,16H,4-5,8-11,13H2,1-3H3,(H,20,22). The zero-order valence-electron chi connectivity index (χ0n) is 14.9. The highest BCUT2D eigenvalue weighted by Gasteiger charge is 2.23. The molecular formula is C19H28N2O3. The molecule has 1 fully saturated rings. The molecule has 0 aliphatic carbocycles. The third-order valence-corrected chi connectivity index (χ3v) is 4.53. The molecule has 0 radical (unpaired) electrons. The Morgan fingerprint density at radius 1 is 1.21 bits per heavy atom. The van der Waals surface area contributed by atoms with Crippen molar-refractivity contribution in [3.8, 4) is 5.75 Å². The second kappa shape index (κ2) is 8.71. The van der Waals surface area contributed by atoms with Gasteiger partial charge in [0.15, 0.2) is 6.61 Å². The maximum absolute atomic E-state index is 12.3. The lowest BCUT2D eigenvalue weighted by molar-refractivity contribution is -0.134. The smallest absolute Gasteiger partial charge is 0.260 e. The third kappa shape index (κ3) is 5.25. The molecule has 1 aliphatic heterocycles. The third-order valence-electron chi connectivity index (χ3n) is 4.53. The first-order chi connectivity index (χ1) is 11.5. The van der Waals surface area contributed by atoms with E-state index >= 15 is 0 Å². The van der Waals surface area contributed by atoms with Crippen LogP contribution in [0.1, 0.15) is 43.7 Å². The largest absolute Gasteiger partial charge is 0.484 e. The summed E-state index contributed by atoms with van der Waals surface area (Å²) in [5.41, 5.74) is 2.37. The zero-order chi connectivity index (χ0) is 17.5. The van der Waals surface area contributed by atoms with Crippen LogP contribution in [0.4, 0.5) is 0 Å². The fourth-order valence-electron chi connectivity index (χ4n) is 2.84. The number of benzene rings is 1. The van der Waals surface area contributed by atoms with Gasteiger partial charge in [0.25, 0.3) is 5.91 Å². The number of likely N-dealkylation sites (tertiary alicyclic amines) is 1. The Bertz CT molecular complexity index is 578. The molecule has 2 amide bonds. The fourth-order valence-corrected chi connectivity index (χ4v) is 2.84. The molecular weight excluding hydrogens is 304 g/mol. The molecule has 5 heteroatoms. The Hall–Kier alpha value is -2.04. The van der Waals surface area contributed by atoms with Crippen LogP contribution >= 0.6 is 0 Å². The fraction of sp³-hybridized carbons (Fsp3) is 0.579. The molecule has 2 rings (SSSR count). The van der Waals surface area contributed by atoms with Crippen molar-refractivity contribution in [2.45, 2.75) is 52.5 Å². The molecule has 0 unspecified atom stereocenters. The molecule has 1 saturated heterocycles. The van der Waals surface area contributed by atoms with E-state index in [9.17, 15) is 9.59 Å². The van der Waals surface area contributed by atoms with Gasteiger partial charge in [-0.25, -0.2) is 0 Å². The minimum Gasteiger partial charge on any atom is -0.484 e. The van der Waals surface area contributed by atoms with Crippen molar-refractivity contribution in [3.63, 3.8) is 0 Å². The van der Waals surface area contributed by atoms with E-state index in [0.717, 1.165) is 30.6 Å². The Morgan fingerprint density at radius 2 is 1.92 bits per heavy atom. The van der Waals surface area contributed by atoms with E-state index in [1.807, 2.05) is 43.9 Å². The summed E-state index contributed by atoms with van der Waals surface area (Å²) in [4.78, 5) is 25.7. The maximum Gasteiger partial charge on any atom is 0.260 e. The first-order valence-electron chi connectivity index (χ1n) is 8.76. The molecule has 0 saturated carbocycles. The SMILES string of the molecule is CCCC(=O)NC1CCN(C(=O)COc2ccc(C)c(C)c2)CC1. The van der Waals surface area contributed by atoms with Crippen LogP contribution in [-0.2, 0) is 9.59 Å². The molecule has 0 aromatic heterocycles. The molecule has 1 heterocycles. The van der Waals surface area contributed by atoms with Crippen molar-refractivity contribution in [1.82, 2.24) is 10.2 Å². The van der Waals surface area contributed by atoms with Crippen LogP contribution in [0.15, 0.2) is 18.2 Å². The highest BCUT2D eigenvalue weighted by atomic mass is 16.5. The number of nitrogens with one attached hydrogen (secondary N) is 1. The van der Waals surface area contributed by atoms with Crippen LogP contribution in [-0.4, -0.2) is 42.5 Å². The van der Waals surface area contributed by atoms with Crippen molar-refractivity contribution >= 4 is 11.8 Å². The summed E-state index contributed by atoms with van der Waals surface area (Å²) in [6, 6.07) is 6.04. The Morgan fingerprint density at radius 3 is 2.54 bits per heavy atom. The zero-order valence-corrected chi connectivity index (χ0v) is 14.9. The first-order valence-corrected chi connectivity index (χ1v) is 8.76. The molecule has 24 heavy (non-hydrogen) atoms. The van der Waals surface area contributed by atoms with Gasteiger partial charge in [-0.15, -0.1) is 0 Å². The number of aryl methyl sites for hydroxylation is 2. The van der Waals surface area contributed by atoms with Gasteiger partial charge in [0.1, 0.15) is 5.75 Å². The predicted octanol–water partition coefficient (Wildman–Crippen LogP) is 2.59. The van der Waals surface area contributed by atoms with Crippen LogP contribution in [0, 0.1) is 13.8 Å². The lowest BCUT2D eigenvalue weighted by atomic mass is 10.0. The van der Waals surface area contributed by atoms with Gasteiger partial charge in [0, 0.05) is 25.6 Å². The van der Waals surface area contributed by atoms with E-state index in [2.05, 4.69) is 5.32 Å². The normalized spacial score (nSPS) is 15.2. The van der Waals surface area contributed by atoms with Gasteiger partial charge < -0.3 is 15.0 Å². The number of carbonyl (C=O) groups excluding carboxylic acids is 2. The minimum absolute atomic E-state index is 0.00608. The highest BCUT2D eigenvalue weighted by Crippen LogP contribution is 2.17. The summed E-state index contributed by atoms with van der Waals surface area (Å²) in [5, 5.41) is 3.04. The lowest BCUT2D eigenvalue weighted by Crippen LogP contribution is -2.47. The average molecular weight is 332 g/mol. The molecule has 1 aromatic rings. The Labute approximate surface area is 144 Å². The number of piperidine rings is 1. The van der Waals surface area contributed by atoms with Crippen LogP contribution in [0.5, 0.6) is 5.75 Å². The summed E-state index contributed by atoms with van der Waals surface area (Å²) in [5.74, 6) is 0.847. The summed E-state index contributed by atoms with van der Waals surface area (Å²) >= 11 is 0. The first kappa shape index (κ1) is 18.3. The predicted molar refractivity (Wildman–Crippen MR) is 94.1 cm³/mol. The van der Waals surface area contributed by atoms with E-state index < -0.39 is 0 Å². The maximum atomic E-state index is 12.3. The van der Waals surface area contributed by atoms with Crippen LogP contribution in [0.2, 0.25) is 0 Å². The number of hydrogen-bond donors (Lipinski definition) is 1. The second-order valence-corrected chi connectivity index (χ2v) is 6.51. The molecule has 1 aliphatic rings. The highest BCUT2D eigenvalue weighted by molar-refractivity contribution is 5.78. The topological polar surface area (TPSA) is 58.6 Å². The van der Waals surface area contributed by atoms with Crippen molar-refractivity contribution in [3.05, 3.63) is 29.3 Å². The monoisotopic (exact) mass is 332 g/mol. The van der Waals surface area contributed by atoms with Gasteiger partial charge in [0.05, 0.1) is 0 Å². The van der Waals surface area contributed by atoms with Crippen LogP contribution in [0.25, 0.3) is 0 Å². The van der Waals surface area contributed by atoms with E-state index in [1.54, 1.807) is 0 Å². The number of hydrogen-bond acceptors (Lipinski definition) is 3. The molecule has 0 spiro atoms. The molecule has 132 valence electrons.